The Bertz CT molecular complexity index is 695. The van der Waals surface area contributed by atoms with Crippen LogP contribution in [0, 0.1) is 0 Å². The van der Waals surface area contributed by atoms with E-state index in [9.17, 15) is 4.79 Å². The third-order valence-corrected chi connectivity index (χ3v) is 3.33. The number of hydrogen-bond donors (Lipinski definition) is 1. The molecule has 0 aliphatic heterocycles. The number of para-hydroxylation sites is 1. The molecule has 2 rings (SSSR count). The summed E-state index contributed by atoms with van der Waals surface area (Å²) in [7, 11) is 1.53. The molecule has 0 heterocycles. The maximum atomic E-state index is 10.7. The minimum atomic E-state index is -1.03. The molecule has 114 valence electrons. The van der Waals surface area contributed by atoms with Gasteiger partial charge >= 0.3 is 5.97 Å². The van der Waals surface area contributed by atoms with E-state index in [0.29, 0.717) is 22.1 Å². The van der Waals surface area contributed by atoms with E-state index in [4.69, 9.17) is 26.2 Å². The first kappa shape index (κ1) is 15.9. The summed E-state index contributed by atoms with van der Waals surface area (Å²) < 4.78 is 11.1. The molecule has 4 nitrogen and oxygen atoms in total. The van der Waals surface area contributed by atoms with E-state index in [-0.39, 0.29) is 6.61 Å². The maximum absolute atomic E-state index is 10.7. The molecule has 0 radical (unpaired) electrons. The van der Waals surface area contributed by atoms with Gasteiger partial charge in [-0.25, -0.2) is 4.79 Å². The molecular weight excluding hydrogens is 304 g/mol. The number of hydrogen-bond acceptors (Lipinski definition) is 3. The predicted molar refractivity (Wildman–Crippen MR) is 85.4 cm³/mol. The number of methoxy groups -OCH3 is 1. The van der Waals surface area contributed by atoms with Crippen LogP contribution in [-0.4, -0.2) is 18.2 Å². The standard InChI is InChI=1S/C17H15ClO4/c1-21-15-8-4-6-12(9-10-16(19)20)17(15)22-11-13-5-2-3-7-14(13)18/h2-10H,11H2,1H3,(H,19,20)/b10-9+. The minimum absolute atomic E-state index is 0.258. The highest BCUT2D eigenvalue weighted by atomic mass is 35.5. The summed E-state index contributed by atoms with van der Waals surface area (Å²) in [6.07, 6.45) is 2.52. The summed E-state index contributed by atoms with van der Waals surface area (Å²) in [4.78, 5) is 10.7. The molecule has 22 heavy (non-hydrogen) atoms. The summed E-state index contributed by atoms with van der Waals surface area (Å²) in [5.74, 6) is -0.0260. The number of benzene rings is 2. The number of rotatable bonds is 6. The van der Waals surface area contributed by atoms with Crippen molar-refractivity contribution in [3.05, 3.63) is 64.7 Å². The Morgan fingerprint density at radius 1 is 1.23 bits per heavy atom. The Morgan fingerprint density at radius 3 is 2.68 bits per heavy atom. The summed E-state index contributed by atoms with van der Waals surface area (Å²) in [6.45, 7) is 0.258. The van der Waals surface area contributed by atoms with Gasteiger partial charge in [0.1, 0.15) is 6.61 Å². The van der Waals surface area contributed by atoms with Gasteiger partial charge in [0, 0.05) is 22.2 Å². The Kier molecular flexibility index (Phi) is 5.44. The first-order chi connectivity index (χ1) is 10.6. The van der Waals surface area contributed by atoms with Gasteiger partial charge in [0.15, 0.2) is 11.5 Å². The number of carbonyl (C=O) groups is 1. The molecule has 0 unspecified atom stereocenters. The lowest BCUT2D eigenvalue weighted by Crippen LogP contribution is -2.00. The van der Waals surface area contributed by atoms with Crippen molar-refractivity contribution in [3.8, 4) is 11.5 Å². The van der Waals surface area contributed by atoms with Crippen LogP contribution >= 0.6 is 11.6 Å². The van der Waals surface area contributed by atoms with Crippen molar-refractivity contribution < 1.29 is 19.4 Å². The first-order valence-corrected chi connectivity index (χ1v) is 6.94. The summed E-state index contributed by atoms with van der Waals surface area (Å²) in [5.41, 5.74) is 1.46. The van der Waals surface area contributed by atoms with Crippen LogP contribution in [0.1, 0.15) is 11.1 Å². The van der Waals surface area contributed by atoms with Crippen LogP contribution in [0.15, 0.2) is 48.5 Å². The number of ether oxygens (including phenoxy) is 2. The fraction of sp³-hybridized carbons (Fsp3) is 0.118. The smallest absolute Gasteiger partial charge is 0.328 e. The molecule has 0 aromatic heterocycles. The monoisotopic (exact) mass is 318 g/mol. The van der Waals surface area contributed by atoms with Crippen LogP contribution in [0.3, 0.4) is 0 Å². The number of carboxylic acids is 1. The highest BCUT2D eigenvalue weighted by Gasteiger charge is 2.10. The largest absolute Gasteiger partial charge is 0.493 e. The van der Waals surface area contributed by atoms with Crippen LogP contribution in [0.4, 0.5) is 0 Å². The Hall–Kier alpha value is -2.46. The molecule has 0 aliphatic rings. The lowest BCUT2D eigenvalue weighted by molar-refractivity contribution is -0.131. The highest BCUT2D eigenvalue weighted by Crippen LogP contribution is 2.33. The molecule has 0 bridgehead atoms. The molecule has 5 heteroatoms. The number of aliphatic carboxylic acids is 1. The second-order valence-corrected chi connectivity index (χ2v) is 4.84. The molecule has 0 saturated carbocycles. The van der Waals surface area contributed by atoms with Crippen molar-refractivity contribution in [1.82, 2.24) is 0 Å². The van der Waals surface area contributed by atoms with Gasteiger partial charge in [-0.05, 0) is 18.2 Å². The molecule has 0 fully saturated rings. The first-order valence-electron chi connectivity index (χ1n) is 6.56. The molecule has 1 N–H and O–H groups in total. The van der Waals surface area contributed by atoms with Crippen molar-refractivity contribution >= 4 is 23.6 Å². The summed E-state index contributed by atoms with van der Waals surface area (Å²) in [6, 6.07) is 12.6. The fourth-order valence-corrected chi connectivity index (χ4v) is 2.10. The topological polar surface area (TPSA) is 55.8 Å². The van der Waals surface area contributed by atoms with Gasteiger partial charge in [0.25, 0.3) is 0 Å². The zero-order valence-electron chi connectivity index (χ0n) is 12.0. The molecule has 0 atom stereocenters. The Balaban J connectivity index is 2.28. The van der Waals surface area contributed by atoms with Crippen molar-refractivity contribution in [3.63, 3.8) is 0 Å². The van der Waals surface area contributed by atoms with Crippen molar-refractivity contribution in [2.45, 2.75) is 6.61 Å². The van der Waals surface area contributed by atoms with Crippen LogP contribution in [0.25, 0.3) is 6.08 Å². The lowest BCUT2D eigenvalue weighted by Gasteiger charge is -2.14. The van der Waals surface area contributed by atoms with Crippen LogP contribution in [0.5, 0.6) is 11.5 Å². The molecular formula is C17H15ClO4. The van der Waals surface area contributed by atoms with Gasteiger partial charge in [-0.1, -0.05) is 41.9 Å². The van der Waals surface area contributed by atoms with Crippen LogP contribution in [-0.2, 0) is 11.4 Å². The van der Waals surface area contributed by atoms with Crippen LogP contribution in [0.2, 0.25) is 5.02 Å². The fourth-order valence-electron chi connectivity index (χ4n) is 1.91. The second kappa shape index (κ2) is 7.52. The average Bonchev–Trinajstić information content (AvgIpc) is 2.52. The zero-order chi connectivity index (χ0) is 15.9. The SMILES string of the molecule is COc1cccc(/C=C/C(=O)O)c1OCc1ccccc1Cl. The maximum Gasteiger partial charge on any atom is 0.328 e. The summed E-state index contributed by atoms with van der Waals surface area (Å²) >= 11 is 6.10. The normalized spacial score (nSPS) is 10.6. The molecule has 2 aromatic carbocycles. The number of halogens is 1. The molecule has 0 aliphatic carbocycles. The van der Waals surface area contributed by atoms with E-state index in [1.54, 1.807) is 24.3 Å². The number of carboxylic acid groups (broad SMARTS) is 1. The van der Waals surface area contributed by atoms with Gasteiger partial charge in [-0.3, -0.25) is 0 Å². The van der Waals surface area contributed by atoms with E-state index in [1.807, 2.05) is 18.2 Å². The van der Waals surface area contributed by atoms with Crippen molar-refractivity contribution in [1.29, 1.82) is 0 Å². The second-order valence-electron chi connectivity index (χ2n) is 4.43. The lowest BCUT2D eigenvalue weighted by atomic mass is 10.1. The van der Waals surface area contributed by atoms with Crippen molar-refractivity contribution in [2.24, 2.45) is 0 Å². The quantitative estimate of drug-likeness (QED) is 0.817. The Labute approximate surface area is 133 Å². The minimum Gasteiger partial charge on any atom is -0.493 e. The average molecular weight is 319 g/mol. The van der Waals surface area contributed by atoms with Gasteiger partial charge < -0.3 is 14.6 Å². The highest BCUT2D eigenvalue weighted by molar-refractivity contribution is 6.31. The van der Waals surface area contributed by atoms with Gasteiger partial charge in [-0.2, -0.15) is 0 Å². The zero-order valence-corrected chi connectivity index (χ0v) is 12.7. The molecule has 0 saturated heterocycles. The van der Waals surface area contributed by atoms with E-state index >= 15 is 0 Å². The third-order valence-electron chi connectivity index (χ3n) is 2.96. The van der Waals surface area contributed by atoms with Crippen molar-refractivity contribution in [2.75, 3.05) is 7.11 Å². The van der Waals surface area contributed by atoms with E-state index in [0.717, 1.165) is 11.6 Å². The Morgan fingerprint density at radius 2 is 2.00 bits per heavy atom. The van der Waals surface area contributed by atoms with Gasteiger partial charge in [0.05, 0.1) is 7.11 Å². The van der Waals surface area contributed by atoms with E-state index in [2.05, 4.69) is 0 Å². The van der Waals surface area contributed by atoms with Crippen LogP contribution < -0.4 is 9.47 Å². The van der Waals surface area contributed by atoms with E-state index < -0.39 is 5.97 Å². The summed E-state index contributed by atoms with van der Waals surface area (Å²) in [5, 5.41) is 9.37. The van der Waals surface area contributed by atoms with E-state index in [1.165, 1.54) is 13.2 Å². The molecule has 0 amide bonds. The predicted octanol–water partition coefficient (Wildman–Crippen LogP) is 4.03. The molecule has 0 spiro atoms. The third kappa shape index (κ3) is 4.02. The molecule has 2 aromatic rings. The van der Waals surface area contributed by atoms with Gasteiger partial charge in [-0.15, -0.1) is 0 Å². The van der Waals surface area contributed by atoms with Gasteiger partial charge in [0.2, 0.25) is 0 Å².